The lowest BCUT2D eigenvalue weighted by Crippen LogP contribution is -2.06. The molecular formula is C17H32O2. The van der Waals surface area contributed by atoms with Crippen molar-refractivity contribution in [2.45, 2.75) is 84.5 Å². The zero-order valence-electron chi connectivity index (χ0n) is 13.0. The molecule has 0 aromatic carbocycles. The lowest BCUT2D eigenvalue weighted by molar-refractivity contribution is -0.138. The van der Waals surface area contributed by atoms with Gasteiger partial charge in [-0.3, -0.25) is 0 Å². The van der Waals surface area contributed by atoms with Crippen LogP contribution in [0, 0.1) is 0 Å². The van der Waals surface area contributed by atoms with E-state index in [4.69, 9.17) is 4.74 Å². The molecular weight excluding hydrogens is 236 g/mol. The van der Waals surface area contributed by atoms with Crippen molar-refractivity contribution in [3.8, 4) is 0 Å². The summed E-state index contributed by atoms with van der Waals surface area (Å²) in [6.07, 6.45) is 13.9. The SMILES string of the molecule is C=C(CCCCCCCCCCCC)C(=O)OCC. The summed E-state index contributed by atoms with van der Waals surface area (Å²) in [6.45, 7) is 8.29. The van der Waals surface area contributed by atoms with Gasteiger partial charge in [0.05, 0.1) is 6.61 Å². The zero-order valence-corrected chi connectivity index (χ0v) is 13.0. The Morgan fingerprint density at radius 3 is 1.79 bits per heavy atom. The number of carbonyl (C=O) groups excluding carboxylic acids is 1. The summed E-state index contributed by atoms with van der Waals surface area (Å²) >= 11 is 0. The van der Waals surface area contributed by atoms with Crippen molar-refractivity contribution in [2.24, 2.45) is 0 Å². The van der Waals surface area contributed by atoms with E-state index in [1.165, 1.54) is 57.8 Å². The van der Waals surface area contributed by atoms with E-state index in [-0.39, 0.29) is 5.97 Å². The molecule has 0 saturated heterocycles. The average molecular weight is 268 g/mol. The van der Waals surface area contributed by atoms with Crippen LogP contribution in [0.5, 0.6) is 0 Å². The smallest absolute Gasteiger partial charge is 0.333 e. The van der Waals surface area contributed by atoms with Gasteiger partial charge in [0.15, 0.2) is 0 Å². The van der Waals surface area contributed by atoms with Crippen LogP contribution in [0.15, 0.2) is 12.2 Å². The number of ether oxygens (including phenoxy) is 1. The van der Waals surface area contributed by atoms with Crippen LogP contribution in [0.4, 0.5) is 0 Å². The normalized spacial score (nSPS) is 10.4. The maximum atomic E-state index is 11.3. The summed E-state index contributed by atoms with van der Waals surface area (Å²) in [5.74, 6) is -0.224. The zero-order chi connectivity index (χ0) is 14.3. The predicted molar refractivity (Wildman–Crippen MR) is 82.2 cm³/mol. The van der Waals surface area contributed by atoms with Gasteiger partial charge in [0.2, 0.25) is 0 Å². The number of unbranched alkanes of at least 4 members (excludes halogenated alkanes) is 9. The van der Waals surface area contributed by atoms with E-state index in [1.807, 2.05) is 6.92 Å². The van der Waals surface area contributed by atoms with Crippen molar-refractivity contribution in [3.63, 3.8) is 0 Å². The lowest BCUT2D eigenvalue weighted by atomic mass is 10.0. The van der Waals surface area contributed by atoms with Crippen molar-refractivity contribution in [1.82, 2.24) is 0 Å². The molecule has 0 heterocycles. The summed E-state index contributed by atoms with van der Waals surface area (Å²) < 4.78 is 4.91. The first kappa shape index (κ1) is 18.2. The highest BCUT2D eigenvalue weighted by Crippen LogP contribution is 2.13. The average Bonchev–Trinajstić information content (AvgIpc) is 2.41. The van der Waals surface area contributed by atoms with Gasteiger partial charge in [0.1, 0.15) is 0 Å². The molecule has 0 aliphatic rings. The standard InChI is InChI=1S/C17H32O2/c1-4-6-7-8-9-10-11-12-13-14-15-16(3)17(18)19-5-2/h3-15H2,1-2H3. The summed E-state index contributed by atoms with van der Waals surface area (Å²) in [5, 5.41) is 0. The number of esters is 1. The van der Waals surface area contributed by atoms with E-state index in [1.54, 1.807) is 0 Å². The van der Waals surface area contributed by atoms with Crippen molar-refractivity contribution in [3.05, 3.63) is 12.2 Å². The highest BCUT2D eigenvalue weighted by Gasteiger charge is 2.06. The van der Waals surface area contributed by atoms with Crippen LogP contribution in [0.1, 0.15) is 84.5 Å². The fraction of sp³-hybridized carbons (Fsp3) is 0.824. The third kappa shape index (κ3) is 12.0. The third-order valence-electron chi connectivity index (χ3n) is 3.40. The molecule has 0 atom stereocenters. The largest absolute Gasteiger partial charge is 0.463 e. The molecule has 2 nitrogen and oxygen atoms in total. The number of hydrogen-bond acceptors (Lipinski definition) is 2. The molecule has 0 spiro atoms. The van der Waals surface area contributed by atoms with Gasteiger partial charge in [0.25, 0.3) is 0 Å². The first-order valence-corrected chi connectivity index (χ1v) is 8.07. The van der Waals surface area contributed by atoms with Gasteiger partial charge in [0, 0.05) is 5.57 Å². The van der Waals surface area contributed by atoms with E-state index < -0.39 is 0 Å². The fourth-order valence-corrected chi connectivity index (χ4v) is 2.16. The van der Waals surface area contributed by atoms with Gasteiger partial charge in [-0.2, -0.15) is 0 Å². The van der Waals surface area contributed by atoms with Gasteiger partial charge in [-0.25, -0.2) is 4.79 Å². The molecule has 0 aliphatic heterocycles. The maximum Gasteiger partial charge on any atom is 0.333 e. The quantitative estimate of drug-likeness (QED) is 0.253. The van der Waals surface area contributed by atoms with Crippen LogP contribution in [-0.2, 0) is 9.53 Å². The Labute approximate surface area is 119 Å². The minimum atomic E-state index is -0.224. The van der Waals surface area contributed by atoms with Crippen molar-refractivity contribution < 1.29 is 9.53 Å². The number of carbonyl (C=O) groups is 1. The van der Waals surface area contributed by atoms with E-state index >= 15 is 0 Å². The minimum absolute atomic E-state index is 0.224. The van der Waals surface area contributed by atoms with Crippen molar-refractivity contribution in [2.75, 3.05) is 6.61 Å². The second kappa shape index (κ2) is 13.6. The van der Waals surface area contributed by atoms with Gasteiger partial charge < -0.3 is 4.74 Å². The molecule has 0 fully saturated rings. The molecule has 2 heteroatoms. The van der Waals surface area contributed by atoms with Crippen molar-refractivity contribution >= 4 is 5.97 Å². The molecule has 0 bridgehead atoms. The van der Waals surface area contributed by atoms with Crippen molar-refractivity contribution in [1.29, 1.82) is 0 Å². The lowest BCUT2D eigenvalue weighted by Gasteiger charge is -2.05. The second-order valence-electron chi connectivity index (χ2n) is 5.26. The Bertz CT molecular complexity index is 233. The Balaban J connectivity index is 3.22. The Kier molecular flexibility index (Phi) is 13.1. The highest BCUT2D eigenvalue weighted by molar-refractivity contribution is 5.87. The van der Waals surface area contributed by atoms with Crippen LogP contribution < -0.4 is 0 Å². The minimum Gasteiger partial charge on any atom is -0.463 e. The molecule has 0 amide bonds. The topological polar surface area (TPSA) is 26.3 Å². The molecule has 0 saturated carbocycles. The molecule has 0 radical (unpaired) electrons. The first-order valence-electron chi connectivity index (χ1n) is 8.07. The Hall–Kier alpha value is -0.790. The summed E-state index contributed by atoms with van der Waals surface area (Å²) in [6, 6.07) is 0. The van der Waals surface area contributed by atoms with E-state index in [9.17, 15) is 4.79 Å². The number of hydrogen-bond donors (Lipinski definition) is 0. The predicted octanol–water partition coefficient (Wildman–Crippen LogP) is 5.42. The van der Waals surface area contributed by atoms with E-state index in [2.05, 4.69) is 13.5 Å². The van der Waals surface area contributed by atoms with Crippen LogP contribution in [0.3, 0.4) is 0 Å². The van der Waals surface area contributed by atoms with Gasteiger partial charge in [-0.1, -0.05) is 71.3 Å². The highest BCUT2D eigenvalue weighted by atomic mass is 16.5. The van der Waals surface area contributed by atoms with Gasteiger partial charge in [-0.15, -0.1) is 0 Å². The Morgan fingerprint density at radius 1 is 0.842 bits per heavy atom. The second-order valence-corrected chi connectivity index (χ2v) is 5.26. The van der Waals surface area contributed by atoms with Crippen LogP contribution in [-0.4, -0.2) is 12.6 Å². The summed E-state index contributed by atoms with van der Waals surface area (Å²) in [4.78, 5) is 11.3. The molecule has 112 valence electrons. The monoisotopic (exact) mass is 268 g/mol. The Morgan fingerprint density at radius 2 is 1.32 bits per heavy atom. The molecule has 0 aromatic heterocycles. The van der Waals surface area contributed by atoms with Crippen LogP contribution >= 0.6 is 0 Å². The molecule has 0 rings (SSSR count). The first-order chi connectivity index (χ1) is 9.22. The van der Waals surface area contributed by atoms with Gasteiger partial charge in [-0.05, 0) is 19.8 Å². The molecule has 0 N–H and O–H groups in total. The van der Waals surface area contributed by atoms with E-state index in [0.29, 0.717) is 12.2 Å². The van der Waals surface area contributed by atoms with Gasteiger partial charge >= 0.3 is 5.97 Å². The molecule has 0 unspecified atom stereocenters. The van der Waals surface area contributed by atoms with E-state index in [0.717, 1.165) is 12.8 Å². The molecule has 19 heavy (non-hydrogen) atoms. The summed E-state index contributed by atoms with van der Waals surface area (Å²) in [7, 11) is 0. The van der Waals surface area contributed by atoms with Crippen LogP contribution in [0.2, 0.25) is 0 Å². The number of rotatable bonds is 13. The molecule has 0 aromatic rings. The molecule has 0 aliphatic carbocycles. The third-order valence-corrected chi connectivity index (χ3v) is 3.40. The van der Waals surface area contributed by atoms with Crippen LogP contribution in [0.25, 0.3) is 0 Å². The fourth-order valence-electron chi connectivity index (χ4n) is 2.16. The maximum absolute atomic E-state index is 11.3. The summed E-state index contributed by atoms with van der Waals surface area (Å²) in [5.41, 5.74) is 0.626.